The van der Waals surface area contributed by atoms with Crippen molar-refractivity contribution in [1.82, 2.24) is 5.23 Å². The monoisotopic (exact) mass is 406 g/mol. The second kappa shape index (κ2) is 9.84. The topological polar surface area (TPSA) is 130 Å². The molecule has 2 atom stereocenters. The van der Waals surface area contributed by atoms with Gasteiger partial charge in [0.1, 0.15) is 6.10 Å². The van der Waals surface area contributed by atoms with Crippen molar-refractivity contribution in [2.75, 3.05) is 0 Å². The Balaban J connectivity index is 2.55. The van der Waals surface area contributed by atoms with Crippen molar-refractivity contribution in [2.24, 2.45) is 17.1 Å². The number of carbonyl (C=O) groups excluding carboxylic acids is 3. The third kappa shape index (κ3) is 5.55. The highest BCUT2D eigenvalue weighted by Gasteiger charge is 2.52. The lowest BCUT2D eigenvalue weighted by Gasteiger charge is -2.38. The molecule has 1 aliphatic rings. The number of nitrogens with zero attached hydrogens (tertiary/aromatic N) is 1. The minimum Gasteiger partial charge on any atom is -0.462 e. The molecule has 0 aromatic heterocycles. The highest BCUT2D eigenvalue weighted by Crippen LogP contribution is 2.46. The number of hydrogen-bond donors (Lipinski definition) is 3. The second-order valence-electron chi connectivity index (χ2n) is 8.17. The van der Waals surface area contributed by atoms with E-state index < -0.39 is 40.8 Å². The molecule has 0 bridgehead atoms. The first kappa shape index (κ1) is 22.8. The van der Waals surface area contributed by atoms with Crippen LogP contribution in [0.2, 0.25) is 0 Å². The highest BCUT2D eigenvalue weighted by molar-refractivity contribution is 5.94. The molecule has 1 saturated carbocycles. The van der Waals surface area contributed by atoms with E-state index in [1.54, 1.807) is 30.3 Å². The van der Waals surface area contributed by atoms with Crippen LogP contribution in [0.3, 0.4) is 0 Å². The first-order valence-corrected chi connectivity index (χ1v) is 9.93. The van der Waals surface area contributed by atoms with Gasteiger partial charge in [-0.25, -0.2) is 0 Å². The van der Waals surface area contributed by atoms with Gasteiger partial charge in [0, 0.05) is 6.42 Å². The summed E-state index contributed by atoms with van der Waals surface area (Å²) in [7, 11) is 0. The van der Waals surface area contributed by atoms with Gasteiger partial charge >= 0.3 is 5.97 Å². The summed E-state index contributed by atoms with van der Waals surface area (Å²) in [5.41, 5.74) is 4.59. The van der Waals surface area contributed by atoms with Crippen LogP contribution < -0.4 is 5.73 Å². The van der Waals surface area contributed by atoms with Crippen LogP contribution in [0.1, 0.15) is 63.9 Å². The number of primary amides is 1. The fourth-order valence-corrected chi connectivity index (χ4v) is 4.26. The predicted octanol–water partition coefficient (Wildman–Crippen LogP) is 2.77. The fraction of sp³-hybridized carbons (Fsp3) is 0.571. The maximum Gasteiger partial charge on any atom is 0.314 e. The number of amides is 2. The number of hydrogen-bond acceptors (Lipinski definition) is 6. The Morgan fingerprint density at radius 3 is 2.24 bits per heavy atom. The zero-order valence-corrected chi connectivity index (χ0v) is 16.9. The molecule has 29 heavy (non-hydrogen) atoms. The van der Waals surface area contributed by atoms with Gasteiger partial charge in [-0.2, -0.15) is 0 Å². The van der Waals surface area contributed by atoms with Crippen LogP contribution in [0.25, 0.3) is 0 Å². The Hall–Kier alpha value is -2.45. The van der Waals surface area contributed by atoms with Crippen LogP contribution in [0, 0.1) is 11.3 Å². The Bertz CT molecular complexity index is 715. The van der Waals surface area contributed by atoms with Crippen molar-refractivity contribution in [2.45, 2.75) is 64.4 Å². The van der Waals surface area contributed by atoms with Crippen LogP contribution in [0.5, 0.6) is 0 Å². The Morgan fingerprint density at radius 2 is 1.76 bits per heavy atom. The lowest BCUT2D eigenvalue weighted by Crippen LogP contribution is -2.49. The van der Waals surface area contributed by atoms with Gasteiger partial charge in [0.15, 0.2) is 0 Å². The van der Waals surface area contributed by atoms with Crippen molar-refractivity contribution < 1.29 is 29.5 Å². The molecule has 8 nitrogen and oxygen atoms in total. The number of carbonyl (C=O) groups is 3. The normalized spacial score (nSPS) is 17.6. The summed E-state index contributed by atoms with van der Waals surface area (Å²) >= 11 is 0. The molecule has 2 amide bonds. The molecule has 1 unspecified atom stereocenters. The number of ether oxygens (including phenoxy) is 1. The molecular formula is C21H30N2O6. The average Bonchev–Trinajstić information content (AvgIpc) is 3.14. The molecule has 160 valence electrons. The van der Waals surface area contributed by atoms with Crippen molar-refractivity contribution in [3.05, 3.63) is 35.9 Å². The standard InChI is InChI=1S/C21H30N2O6/c1-14(2)12-21(20(22)26,13-17(24)23(27)28)18(15-8-4-3-5-9-15)19(25)29-16-10-6-7-11-16/h3-5,8-9,14,16,18,27-28H,6-7,10-13H2,1-2H3,(H2,22,26)/t18?,21-/m1/s1. The summed E-state index contributed by atoms with van der Waals surface area (Å²) in [6.07, 6.45) is 2.66. The summed E-state index contributed by atoms with van der Waals surface area (Å²) < 4.78 is 5.71. The number of rotatable bonds is 9. The number of nitrogens with two attached hydrogens (primary N) is 1. The molecule has 4 N–H and O–H groups in total. The molecule has 8 heteroatoms. The lowest BCUT2D eigenvalue weighted by atomic mass is 9.64. The number of benzene rings is 1. The molecule has 1 fully saturated rings. The molecule has 0 spiro atoms. The highest BCUT2D eigenvalue weighted by atomic mass is 16.8. The smallest absolute Gasteiger partial charge is 0.314 e. The van der Waals surface area contributed by atoms with Crippen LogP contribution in [-0.2, 0) is 19.1 Å². The molecule has 1 aromatic rings. The van der Waals surface area contributed by atoms with Gasteiger partial charge in [0.25, 0.3) is 5.91 Å². The van der Waals surface area contributed by atoms with E-state index in [4.69, 9.17) is 10.5 Å². The molecule has 1 aliphatic carbocycles. The molecular weight excluding hydrogens is 376 g/mol. The van der Waals surface area contributed by atoms with E-state index in [1.165, 1.54) is 0 Å². The zero-order valence-electron chi connectivity index (χ0n) is 16.9. The summed E-state index contributed by atoms with van der Waals surface area (Å²) in [6.45, 7) is 3.67. The third-order valence-electron chi connectivity index (χ3n) is 5.46. The first-order valence-electron chi connectivity index (χ1n) is 9.93. The SMILES string of the molecule is CC(C)C[C@](CC(=O)N(O)O)(C(N)=O)C(C(=O)OC1CCCC1)c1ccccc1. The number of esters is 1. The molecule has 0 radical (unpaired) electrons. The van der Waals surface area contributed by atoms with Gasteiger partial charge in [0.05, 0.1) is 11.3 Å². The largest absolute Gasteiger partial charge is 0.462 e. The minimum atomic E-state index is -1.67. The van der Waals surface area contributed by atoms with Gasteiger partial charge in [-0.1, -0.05) is 49.4 Å². The molecule has 0 aliphatic heterocycles. The van der Waals surface area contributed by atoms with Gasteiger partial charge < -0.3 is 10.5 Å². The van der Waals surface area contributed by atoms with Crippen molar-refractivity contribution in [1.29, 1.82) is 0 Å². The third-order valence-corrected chi connectivity index (χ3v) is 5.46. The van der Waals surface area contributed by atoms with E-state index in [1.807, 2.05) is 13.8 Å². The van der Waals surface area contributed by atoms with Gasteiger partial charge in [-0.05, 0) is 43.6 Å². The van der Waals surface area contributed by atoms with Gasteiger partial charge in [-0.3, -0.25) is 24.8 Å². The van der Waals surface area contributed by atoms with Gasteiger partial charge in [0.2, 0.25) is 5.91 Å². The maximum absolute atomic E-state index is 13.3. The van der Waals surface area contributed by atoms with E-state index in [-0.39, 0.29) is 18.4 Å². The molecule has 2 rings (SSSR count). The summed E-state index contributed by atoms with van der Waals surface area (Å²) in [6, 6.07) is 8.57. The second-order valence-corrected chi connectivity index (χ2v) is 8.17. The van der Waals surface area contributed by atoms with Crippen LogP contribution >= 0.6 is 0 Å². The fourth-order valence-electron chi connectivity index (χ4n) is 4.26. The number of hydroxylamine groups is 2. The molecule has 1 aromatic carbocycles. The van der Waals surface area contributed by atoms with E-state index in [0.717, 1.165) is 25.7 Å². The lowest BCUT2D eigenvalue weighted by molar-refractivity contribution is -0.286. The van der Waals surface area contributed by atoms with E-state index in [2.05, 4.69) is 0 Å². The van der Waals surface area contributed by atoms with Crippen LogP contribution in [0.4, 0.5) is 0 Å². The van der Waals surface area contributed by atoms with E-state index in [9.17, 15) is 24.8 Å². The van der Waals surface area contributed by atoms with Crippen molar-refractivity contribution in [3.8, 4) is 0 Å². The maximum atomic E-state index is 13.3. The Labute approximate surface area is 170 Å². The Kier molecular flexibility index (Phi) is 7.75. The molecule has 0 saturated heterocycles. The van der Waals surface area contributed by atoms with Crippen molar-refractivity contribution >= 4 is 17.8 Å². The Morgan fingerprint density at radius 1 is 1.17 bits per heavy atom. The first-order chi connectivity index (χ1) is 13.7. The van der Waals surface area contributed by atoms with Crippen LogP contribution in [-0.4, -0.2) is 39.5 Å². The quantitative estimate of drug-likeness (QED) is 0.328. The summed E-state index contributed by atoms with van der Waals surface area (Å²) in [5, 5.41) is 17.8. The van der Waals surface area contributed by atoms with Crippen LogP contribution in [0.15, 0.2) is 30.3 Å². The summed E-state index contributed by atoms with van der Waals surface area (Å²) in [5.74, 6) is -3.87. The average molecular weight is 406 g/mol. The van der Waals surface area contributed by atoms with E-state index in [0.29, 0.717) is 5.56 Å². The van der Waals surface area contributed by atoms with E-state index >= 15 is 0 Å². The van der Waals surface area contributed by atoms with Gasteiger partial charge in [-0.15, -0.1) is 0 Å². The predicted molar refractivity (Wildman–Crippen MR) is 104 cm³/mol. The van der Waals surface area contributed by atoms with Crippen molar-refractivity contribution in [3.63, 3.8) is 0 Å². The summed E-state index contributed by atoms with van der Waals surface area (Å²) in [4.78, 5) is 38.3. The minimum absolute atomic E-state index is 0.0985. The molecule has 0 heterocycles. The zero-order chi connectivity index (χ0) is 21.6.